The number of amides is 1. The molecule has 0 spiro atoms. The number of nitrogens with one attached hydrogen (secondary N) is 1. The minimum absolute atomic E-state index is 0.108. The molecule has 0 saturated carbocycles. The van der Waals surface area contributed by atoms with E-state index >= 15 is 0 Å². The highest BCUT2D eigenvalue weighted by Crippen LogP contribution is 2.25. The number of hydrogen-bond donors (Lipinski definition) is 1. The van der Waals surface area contributed by atoms with E-state index in [1.807, 2.05) is 0 Å². The van der Waals surface area contributed by atoms with Crippen LogP contribution in [0, 0.1) is 11.8 Å². The number of benzene rings is 1. The summed E-state index contributed by atoms with van der Waals surface area (Å²) < 4.78 is 5.23. The normalized spacial score (nSPS) is 10.6. The molecule has 1 aromatic carbocycles. The van der Waals surface area contributed by atoms with Crippen LogP contribution in [0.25, 0.3) is 0 Å². The first-order valence-electron chi connectivity index (χ1n) is 6.03. The Hall–Kier alpha value is -1.84. The van der Waals surface area contributed by atoms with Gasteiger partial charge < -0.3 is 10.1 Å². The number of carbonyl (C=O) groups excluding carboxylic acids is 2. The van der Waals surface area contributed by atoms with Crippen LogP contribution in [-0.4, -0.2) is 11.9 Å². The summed E-state index contributed by atoms with van der Waals surface area (Å²) in [4.78, 5) is 23.2. The predicted octanol–water partition coefficient (Wildman–Crippen LogP) is 2.84. The van der Waals surface area contributed by atoms with E-state index in [-0.39, 0.29) is 23.7 Å². The lowest BCUT2D eigenvalue weighted by Crippen LogP contribution is -2.20. The summed E-state index contributed by atoms with van der Waals surface area (Å²) in [5.41, 5.74) is 0.519. The third-order valence-electron chi connectivity index (χ3n) is 2.35. The van der Waals surface area contributed by atoms with Crippen molar-refractivity contribution in [1.29, 1.82) is 0 Å². The lowest BCUT2D eigenvalue weighted by molar-refractivity contribution is -0.137. The molecule has 0 atom stereocenters. The quantitative estimate of drug-likeness (QED) is 0.659. The molecule has 0 saturated heterocycles. The van der Waals surface area contributed by atoms with Crippen molar-refractivity contribution in [2.45, 2.75) is 27.7 Å². The van der Waals surface area contributed by atoms with Gasteiger partial charge in [-0.2, -0.15) is 0 Å². The van der Waals surface area contributed by atoms with Crippen LogP contribution in [0.15, 0.2) is 24.3 Å². The molecule has 0 heterocycles. The van der Waals surface area contributed by atoms with Crippen LogP contribution < -0.4 is 10.1 Å². The van der Waals surface area contributed by atoms with E-state index < -0.39 is 0 Å². The number of para-hydroxylation sites is 2. The maximum atomic E-state index is 11.6. The van der Waals surface area contributed by atoms with Crippen molar-refractivity contribution in [3.05, 3.63) is 24.3 Å². The fourth-order valence-corrected chi connectivity index (χ4v) is 1.16. The molecule has 4 heteroatoms. The lowest BCUT2D eigenvalue weighted by Gasteiger charge is -2.13. The fourth-order valence-electron chi connectivity index (χ4n) is 1.16. The van der Waals surface area contributed by atoms with Gasteiger partial charge in [0.05, 0.1) is 11.6 Å². The van der Waals surface area contributed by atoms with Crippen molar-refractivity contribution < 1.29 is 14.3 Å². The maximum absolute atomic E-state index is 11.6. The molecule has 0 unspecified atom stereocenters. The van der Waals surface area contributed by atoms with Gasteiger partial charge >= 0.3 is 5.97 Å². The fraction of sp³-hybridized carbons (Fsp3) is 0.429. The summed E-state index contributed by atoms with van der Waals surface area (Å²) in [6.07, 6.45) is 0. The minimum atomic E-state index is -0.318. The van der Waals surface area contributed by atoms with Gasteiger partial charge in [0, 0.05) is 5.92 Å². The first-order valence-corrected chi connectivity index (χ1v) is 6.03. The molecule has 0 radical (unpaired) electrons. The highest BCUT2D eigenvalue weighted by Gasteiger charge is 2.14. The number of ether oxygens (including phenoxy) is 1. The van der Waals surface area contributed by atoms with Crippen LogP contribution in [0.2, 0.25) is 0 Å². The second-order valence-corrected chi connectivity index (χ2v) is 4.72. The molecular formula is C14H19NO3. The Balaban J connectivity index is 2.86. The van der Waals surface area contributed by atoms with Crippen molar-refractivity contribution in [2.24, 2.45) is 11.8 Å². The number of anilines is 1. The third-order valence-corrected chi connectivity index (χ3v) is 2.35. The molecule has 0 aliphatic carbocycles. The van der Waals surface area contributed by atoms with Gasteiger partial charge in [0.2, 0.25) is 5.91 Å². The Morgan fingerprint density at radius 2 is 1.67 bits per heavy atom. The Kier molecular flexibility index (Phi) is 4.89. The molecule has 1 N–H and O–H groups in total. The van der Waals surface area contributed by atoms with Crippen molar-refractivity contribution in [3.8, 4) is 5.75 Å². The second-order valence-electron chi connectivity index (χ2n) is 4.72. The average molecular weight is 249 g/mol. The monoisotopic (exact) mass is 249 g/mol. The smallest absolute Gasteiger partial charge is 0.313 e. The molecule has 0 aliphatic rings. The third kappa shape index (κ3) is 3.87. The Labute approximate surface area is 107 Å². The molecular weight excluding hydrogens is 230 g/mol. The summed E-state index contributed by atoms with van der Waals surface area (Å²) in [6.45, 7) is 7.13. The van der Waals surface area contributed by atoms with E-state index in [9.17, 15) is 9.59 Å². The Morgan fingerprint density at radius 1 is 1.06 bits per heavy atom. The Morgan fingerprint density at radius 3 is 2.22 bits per heavy atom. The zero-order valence-corrected chi connectivity index (χ0v) is 11.2. The van der Waals surface area contributed by atoms with Crippen LogP contribution in [0.4, 0.5) is 5.69 Å². The predicted molar refractivity (Wildman–Crippen MR) is 70.4 cm³/mol. The molecule has 1 rings (SSSR count). The highest BCUT2D eigenvalue weighted by atomic mass is 16.5. The standard InChI is InChI=1S/C14H19NO3/c1-9(2)13(16)15-11-7-5-6-8-12(11)18-14(17)10(3)4/h5-10H,1-4H3,(H,15,16). The van der Waals surface area contributed by atoms with E-state index in [0.717, 1.165) is 0 Å². The zero-order valence-electron chi connectivity index (χ0n) is 11.2. The topological polar surface area (TPSA) is 55.4 Å². The molecule has 0 bridgehead atoms. The van der Waals surface area contributed by atoms with E-state index in [1.54, 1.807) is 52.0 Å². The molecule has 0 aliphatic heterocycles. The van der Waals surface area contributed by atoms with E-state index in [2.05, 4.69) is 5.32 Å². The molecule has 18 heavy (non-hydrogen) atoms. The number of esters is 1. The molecule has 1 aromatic rings. The minimum Gasteiger partial charge on any atom is -0.424 e. The number of rotatable bonds is 4. The summed E-state index contributed by atoms with van der Waals surface area (Å²) in [5.74, 6) is -0.382. The summed E-state index contributed by atoms with van der Waals surface area (Å²) in [7, 11) is 0. The van der Waals surface area contributed by atoms with E-state index in [4.69, 9.17) is 4.74 Å². The van der Waals surface area contributed by atoms with E-state index in [1.165, 1.54) is 0 Å². The molecule has 1 amide bonds. The van der Waals surface area contributed by atoms with Crippen LogP contribution in [0.1, 0.15) is 27.7 Å². The first kappa shape index (κ1) is 14.2. The van der Waals surface area contributed by atoms with Gasteiger partial charge in [0.25, 0.3) is 0 Å². The van der Waals surface area contributed by atoms with Crippen molar-refractivity contribution >= 4 is 17.6 Å². The van der Waals surface area contributed by atoms with E-state index in [0.29, 0.717) is 11.4 Å². The largest absolute Gasteiger partial charge is 0.424 e. The van der Waals surface area contributed by atoms with Crippen LogP contribution in [-0.2, 0) is 9.59 Å². The van der Waals surface area contributed by atoms with Crippen LogP contribution in [0.5, 0.6) is 5.75 Å². The van der Waals surface area contributed by atoms with Gasteiger partial charge in [-0.15, -0.1) is 0 Å². The summed E-state index contributed by atoms with van der Waals surface area (Å²) in [6, 6.07) is 6.91. The molecule has 4 nitrogen and oxygen atoms in total. The van der Waals surface area contributed by atoms with Gasteiger partial charge in [0.15, 0.2) is 5.75 Å². The van der Waals surface area contributed by atoms with Gasteiger partial charge in [-0.25, -0.2) is 0 Å². The van der Waals surface area contributed by atoms with Gasteiger partial charge in [-0.1, -0.05) is 39.8 Å². The number of hydrogen-bond acceptors (Lipinski definition) is 3. The van der Waals surface area contributed by atoms with Gasteiger partial charge in [0.1, 0.15) is 0 Å². The lowest BCUT2D eigenvalue weighted by atomic mass is 10.2. The number of carbonyl (C=O) groups is 2. The van der Waals surface area contributed by atoms with Crippen LogP contribution >= 0.6 is 0 Å². The molecule has 0 aromatic heterocycles. The second kappa shape index (κ2) is 6.19. The van der Waals surface area contributed by atoms with Gasteiger partial charge in [-0.05, 0) is 12.1 Å². The molecule has 0 fully saturated rings. The SMILES string of the molecule is CC(C)C(=O)Nc1ccccc1OC(=O)C(C)C. The summed E-state index contributed by atoms with van der Waals surface area (Å²) >= 11 is 0. The molecule has 98 valence electrons. The van der Waals surface area contributed by atoms with Gasteiger partial charge in [-0.3, -0.25) is 9.59 Å². The maximum Gasteiger partial charge on any atom is 0.313 e. The van der Waals surface area contributed by atoms with Crippen molar-refractivity contribution in [2.75, 3.05) is 5.32 Å². The Bertz CT molecular complexity index is 397. The van der Waals surface area contributed by atoms with Crippen LogP contribution in [0.3, 0.4) is 0 Å². The zero-order chi connectivity index (χ0) is 13.7. The highest BCUT2D eigenvalue weighted by molar-refractivity contribution is 5.94. The van der Waals surface area contributed by atoms with Crippen molar-refractivity contribution in [1.82, 2.24) is 0 Å². The first-order chi connectivity index (χ1) is 8.41. The van der Waals surface area contributed by atoms with Crippen molar-refractivity contribution in [3.63, 3.8) is 0 Å². The summed E-state index contributed by atoms with van der Waals surface area (Å²) in [5, 5.41) is 2.74. The average Bonchev–Trinajstić information content (AvgIpc) is 2.31.